The Morgan fingerprint density at radius 2 is 1.55 bits per heavy atom. The molecule has 2 aromatic carbocycles. The summed E-state index contributed by atoms with van der Waals surface area (Å²) < 4.78 is 0. The summed E-state index contributed by atoms with van der Waals surface area (Å²) in [7, 11) is 0. The number of nitrogens with two attached hydrogens (primary N) is 1. The van der Waals surface area contributed by atoms with Crippen molar-refractivity contribution >= 4 is 11.6 Å². The number of nitrogens with one attached hydrogen (secondary N) is 1. The van der Waals surface area contributed by atoms with Crippen molar-refractivity contribution in [2.45, 2.75) is 26.3 Å². The number of para-hydroxylation sites is 1. The highest BCUT2D eigenvalue weighted by Crippen LogP contribution is 2.29. The van der Waals surface area contributed by atoms with Crippen LogP contribution < -0.4 is 11.1 Å². The zero-order valence-electron chi connectivity index (χ0n) is 12.1. The highest BCUT2D eigenvalue weighted by molar-refractivity contribution is 5.89. The van der Waals surface area contributed by atoms with E-state index < -0.39 is 11.4 Å². The summed E-state index contributed by atoms with van der Waals surface area (Å²) >= 11 is 0. The minimum Gasteiger partial charge on any atom is -0.368 e. The first kappa shape index (κ1) is 14.1. The maximum Gasteiger partial charge on any atom is 0.247 e. The third kappa shape index (κ3) is 2.52. The van der Waals surface area contributed by atoms with E-state index in [0.29, 0.717) is 0 Å². The van der Waals surface area contributed by atoms with Crippen molar-refractivity contribution in [2.24, 2.45) is 5.73 Å². The molecule has 0 heterocycles. The number of anilines is 1. The second kappa shape index (κ2) is 5.37. The fourth-order valence-electron chi connectivity index (χ4n) is 2.38. The van der Waals surface area contributed by atoms with Gasteiger partial charge in [0.1, 0.15) is 5.54 Å². The first-order valence-electron chi connectivity index (χ1n) is 6.65. The van der Waals surface area contributed by atoms with Crippen molar-refractivity contribution in [3.63, 3.8) is 0 Å². The quantitative estimate of drug-likeness (QED) is 0.895. The lowest BCUT2D eigenvalue weighted by atomic mass is 9.87. The fourth-order valence-corrected chi connectivity index (χ4v) is 2.38. The normalized spacial score (nSPS) is 13.6. The molecule has 0 spiro atoms. The van der Waals surface area contributed by atoms with Gasteiger partial charge in [-0.3, -0.25) is 4.79 Å². The molecule has 0 aromatic heterocycles. The molecule has 3 heteroatoms. The second-order valence-corrected chi connectivity index (χ2v) is 5.24. The lowest BCUT2D eigenvalue weighted by Crippen LogP contribution is -2.45. The number of carbonyl (C=O) groups is 1. The summed E-state index contributed by atoms with van der Waals surface area (Å²) in [6, 6.07) is 15.7. The number of benzene rings is 2. The lowest BCUT2D eigenvalue weighted by Gasteiger charge is -2.31. The van der Waals surface area contributed by atoms with Crippen molar-refractivity contribution in [1.29, 1.82) is 0 Å². The average Bonchev–Trinajstić information content (AvgIpc) is 2.41. The molecule has 1 unspecified atom stereocenters. The van der Waals surface area contributed by atoms with E-state index >= 15 is 0 Å². The van der Waals surface area contributed by atoms with Gasteiger partial charge >= 0.3 is 0 Å². The van der Waals surface area contributed by atoms with Crippen molar-refractivity contribution in [2.75, 3.05) is 5.32 Å². The molecule has 3 nitrogen and oxygen atoms in total. The number of hydrogen-bond donors (Lipinski definition) is 2. The van der Waals surface area contributed by atoms with Crippen molar-refractivity contribution < 1.29 is 4.79 Å². The average molecular weight is 268 g/mol. The van der Waals surface area contributed by atoms with Gasteiger partial charge in [0.2, 0.25) is 5.91 Å². The predicted octanol–water partition coefficient (Wildman–Crippen LogP) is 3.12. The molecule has 0 saturated heterocycles. The van der Waals surface area contributed by atoms with Crippen molar-refractivity contribution in [3.05, 3.63) is 65.2 Å². The number of rotatable bonds is 4. The molecule has 104 valence electrons. The van der Waals surface area contributed by atoms with E-state index in [1.807, 2.05) is 69.3 Å². The Bertz CT molecular complexity index is 636. The molecule has 0 aliphatic carbocycles. The van der Waals surface area contributed by atoms with Gasteiger partial charge in [-0.05, 0) is 43.5 Å². The van der Waals surface area contributed by atoms with Crippen molar-refractivity contribution in [1.82, 2.24) is 0 Å². The molecule has 0 saturated carbocycles. The molecule has 1 atom stereocenters. The zero-order valence-corrected chi connectivity index (χ0v) is 12.1. The van der Waals surface area contributed by atoms with E-state index in [1.165, 1.54) is 0 Å². The molecule has 0 fully saturated rings. The molecular weight excluding hydrogens is 248 g/mol. The van der Waals surface area contributed by atoms with E-state index in [4.69, 9.17) is 5.73 Å². The molecular formula is C17H20N2O. The van der Waals surface area contributed by atoms with Crippen LogP contribution in [0.4, 0.5) is 5.69 Å². The van der Waals surface area contributed by atoms with Gasteiger partial charge in [0.25, 0.3) is 0 Å². The van der Waals surface area contributed by atoms with E-state index in [0.717, 1.165) is 22.4 Å². The van der Waals surface area contributed by atoms with Gasteiger partial charge in [0.05, 0.1) is 0 Å². The Morgan fingerprint density at radius 3 is 2.10 bits per heavy atom. The Morgan fingerprint density at radius 1 is 1.00 bits per heavy atom. The Hall–Kier alpha value is -2.29. The smallest absolute Gasteiger partial charge is 0.247 e. The largest absolute Gasteiger partial charge is 0.368 e. The van der Waals surface area contributed by atoms with Crippen LogP contribution in [0.2, 0.25) is 0 Å². The van der Waals surface area contributed by atoms with Gasteiger partial charge in [0, 0.05) is 5.69 Å². The molecule has 3 N–H and O–H groups in total. The molecule has 0 aliphatic heterocycles. The second-order valence-electron chi connectivity index (χ2n) is 5.24. The Balaban J connectivity index is 2.49. The van der Waals surface area contributed by atoms with E-state index in [2.05, 4.69) is 5.32 Å². The van der Waals surface area contributed by atoms with Crippen LogP contribution in [-0.4, -0.2) is 5.91 Å². The summed E-state index contributed by atoms with van der Waals surface area (Å²) in [6.45, 7) is 5.81. The number of aryl methyl sites for hydroxylation is 2. The SMILES string of the molecule is Cc1ccccc1NC(C)(C(N)=O)c1ccccc1C. The van der Waals surface area contributed by atoms with E-state index in [9.17, 15) is 4.79 Å². The van der Waals surface area contributed by atoms with Crippen molar-refractivity contribution in [3.8, 4) is 0 Å². The number of hydrogen-bond acceptors (Lipinski definition) is 2. The van der Waals surface area contributed by atoms with Crippen LogP contribution in [-0.2, 0) is 10.3 Å². The fraction of sp³-hybridized carbons (Fsp3) is 0.235. The van der Waals surface area contributed by atoms with Crippen LogP contribution in [0.3, 0.4) is 0 Å². The molecule has 1 amide bonds. The van der Waals surface area contributed by atoms with E-state index in [1.54, 1.807) is 0 Å². The third-order valence-electron chi connectivity index (χ3n) is 3.71. The standard InChI is InChI=1S/C17H20N2O/c1-12-8-4-6-10-14(12)17(3,16(18)20)19-15-11-7-5-9-13(15)2/h4-11,19H,1-3H3,(H2,18,20). The monoisotopic (exact) mass is 268 g/mol. The zero-order chi connectivity index (χ0) is 14.8. The molecule has 0 bridgehead atoms. The van der Waals surface area contributed by atoms with Gasteiger partial charge < -0.3 is 11.1 Å². The summed E-state index contributed by atoms with van der Waals surface area (Å²) in [6.07, 6.45) is 0. The number of primary amides is 1. The first-order chi connectivity index (χ1) is 9.45. The molecule has 2 aromatic rings. The maximum absolute atomic E-state index is 12.0. The Kier molecular flexibility index (Phi) is 3.79. The topological polar surface area (TPSA) is 55.1 Å². The highest BCUT2D eigenvalue weighted by Gasteiger charge is 2.34. The van der Waals surface area contributed by atoms with Crippen LogP contribution in [0.1, 0.15) is 23.6 Å². The molecule has 0 aliphatic rings. The first-order valence-corrected chi connectivity index (χ1v) is 6.65. The van der Waals surface area contributed by atoms with Gasteiger partial charge in [-0.1, -0.05) is 42.5 Å². The van der Waals surface area contributed by atoms with Crippen LogP contribution in [0.25, 0.3) is 0 Å². The van der Waals surface area contributed by atoms with Gasteiger partial charge in [-0.15, -0.1) is 0 Å². The minimum absolute atomic E-state index is 0.393. The lowest BCUT2D eigenvalue weighted by molar-refractivity contribution is -0.122. The third-order valence-corrected chi connectivity index (χ3v) is 3.71. The van der Waals surface area contributed by atoms with E-state index in [-0.39, 0.29) is 0 Å². The van der Waals surface area contributed by atoms with Gasteiger partial charge in [-0.25, -0.2) is 0 Å². The number of carbonyl (C=O) groups excluding carboxylic acids is 1. The summed E-state index contributed by atoms with van der Waals surface area (Å²) in [5.74, 6) is -0.393. The van der Waals surface area contributed by atoms with Gasteiger partial charge in [0.15, 0.2) is 0 Å². The Labute approximate surface area is 119 Å². The summed E-state index contributed by atoms with van der Waals surface area (Å²) in [5, 5.41) is 3.31. The van der Waals surface area contributed by atoms with Crippen LogP contribution in [0, 0.1) is 13.8 Å². The van der Waals surface area contributed by atoms with Crippen LogP contribution in [0.5, 0.6) is 0 Å². The van der Waals surface area contributed by atoms with Gasteiger partial charge in [-0.2, -0.15) is 0 Å². The van der Waals surface area contributed by atoms with Crippen LogP contribution >= 0.6 is 0 Å². The predicted molar refractivity (Wildman–Crippen MR) is 82.5 cm³/mol. The minimum atomic E-state index is -0.933. The molecule has 2 rings (SSSR count). The highest BCUT2D eigenvalue weighted by atomic mass is 16.1. The number of amides is 1. The summed E-state index contributed by atoms with van der Waals surface area (Å²) in [4.78, 5) is 12.0. The molecule has 0 radical (unpaired) electrons. The summed E-state index contributed by atoms with van der Waals surface area (Å²) in [5.41, 5.74) is 8.66. The van der Waals surface area contributed by atoms with Crippen LogP contribution in [0.15, 0.2) is 48.5 Å². The maximum atomic E-state index is 12.0. The molecule has 20 heavy (non-hydrogen) atoms.